The van der Waals surface area contributed by atoms with Gasteiger partial charge >= 0.3 is 0 Å². The second-order valence-electron chi connectivity index (χ2n) is 3.40. The quantitative estimate of drug-likeness (QED) is 0.815. The zero-order valence-electron chi connectivity index (χ0n) is 9.00. The van der Waals surface area contributed by atoms with Crippen LogP contribution in [0.4, 0.5) is 0 Å². The molecule has 6 heteroatoms. The zero-order chi connectivity index (χ0) is 12.1. The van der Waals surface area contributed by atoms with Crippen molar-refractivity contribution in [1.82, 2.24) is 14.9 Å². The third-order valence-electron chi connectivity index (χ3n) is 2.15. The van der Waals surface area contributed by atoms with E-state index in [9.17, 15) is 9.59 Å². The Balaban J connectivity index is 1.90. The van der Waals surface area contributed by atoms with Gasteiger partial charge in [0, 0.05) is 12.3 Å². The second-order valence-corrected chi connectivity index (χ2v) is 3.40. The molecule has 0 saturated heterocycles. The SMILES string of the molecule is O=C(Cn1cnccc1=O)NCc1ccco1. The monoisotopic (exact) mass is 233 g/mol. The summed E-state index contributed by atoms with van der Waals surface area (Å²) < 4.78 is 6.30. The van der Waals surface area contributed by atoms with E-state index in [1.165, 1.54) is 29.4 Å². The molecule has 0 radical (unpaired) electrons. The zero-order valence-corrected chi connectivity index (χ0v) is 9.00. The molecule has 6 nitrogen and oxygen atoms in total. The number of aromatic nitrogens is 2. The van der Waals surface area contributed by atoms with E-state index in [1.807, 2.05) is 0 Å². The van der Waals surface area contributed by atoms with E-state index < -0.39 is 0 Å². The highest BCUT2D eigenvalue weighted by molar-refractivity contribution is 5.75. The maximum atomic E-state index is 11.5. The molecule has 0 aromatic carbocycles. The molecule has 1 N–H and O–H groups in total. The molecule has 0 unspecified atom stereocenters. The van der Waals surface area contributed by atoms with E-state index >= 15 is 0 Å². The third kappa shape index (κ3) is 3.04. The van der Waals surface area contributed by atoms with Crippen LogP contribution < -0.4 is 10.9 Å². The first-order chi connectivity index (χ1) is 8.25. The van der Waals surface area contributed by atoms with E-state index in [0.717, 1.165) is 0 Å². The fraction of sp³-hybridized carbons (Fsp3) is 0.182. The van der Waals surface area contributed by atoms with Crippen LogP contribution in [0.1, 0.15) is 5.76 Å². The standard InChI is InChI=1S/C11H11N3O3/c15-10(13-6-9-2-1-5-17-9)7-14-8-12-4-3-11(14)16/h1-5,8H,6-7H2,(H,13,15). The van der Waals surface area contributed by atoms with Gasteiger partial charge in [-0.1, -0.05) is 0 Å². The summed E-state index contributed by atoms with van der Waals surface area (Å²) >= 11 is 0. The number of carbonyl (C=O) groups excluding carboxylic acids is 1. The van der Waals surface area contributed by atoms with E-state index in [1.54, 1.807) is 12.1 Å². The fourth-order valence-electron chi connectivity index (χ4n) is 1.31. The molecule has 0 atom stereocenters. The minimum atomic E-state index is -0.267. The number of carbonyl (C=O) groups is 1. The Morgan fingerprint density at radius 2 is 2.35 bits per heavy atom. The number of hydrogen-bond donors (Lipinski definition) is 1. The van der Waals surface area contributed by atoms with Gasteiger partial charge in [0.15, 0.2) is 0 Å². The van der Waals surface area contributed by atoms with Crippen molar-refractivity contribution in [1.29, 1.82) is 0 Å². The van der Waals surface area contributed by atoms with Crippen molar-refractivity contribution >= 4 is 5.91 Å². The summed E-state index contributed by atoms with van der Waals surface area (Å²) in [5.74, 6) is 0.397. The minimum Gasteiger partial charge on any atom is -0.467 e. The van der Waals surface area contributed by atoms with Gasteiger partial charge in [-0.2, -0.15) is 0 Å². The maximum Gasteiger partial charge on any atom is 0.253 e. The molecule has 2 rings (SSSR count). The number of furan rings is 1. The Morgan fingerprint density at radius 3 is 3.06 bits per heavy atom. The molecular formula is C11H11N3O3. The lowest BCUT2D eigenvalue weighted by Crippen LogP contribution is -2.31. The van der Waals surface area contributed by atoms with Gasteiger partial charge in [-0.05, 0) is 12.1 Å². The van der Waals surface area contributed by atoms with Crippen LogP contribution in [0.25, 0.3) is 0 Å². The summed E-state index contributed by atoms with van der Waals surface area (Å²) in [5, 5.41) is 2.64. The summed E-state index contributed by atoms with van der Waals surface area (Å²) in [4.78, 5) is 26.6. The molecule has 0 saturated carbocycles. The summed E-state index contributed by atoms with van der Waals surface area (Å²) in [6.07, 6.45) is 4.25. The first-order valence-corrected chi connectivity index (χ1v) is 5.05. The summed E-state index contributed by atoms with van der Waals surface area (Å²) in [5.41, 5.74) is -0.256. The molecular weight excluding hydrogens is 222 g/mol. The van der Waals surface area contributed by atoms with Crippen molar-refractivity contribution in [2.24, 2.45) is 0 Å². The molecule has 2 aromatic rings. The normalized spacial score (nSPS) is 10.1. The highest BCUT2D eigenvalue weighted by atomic mass is 16.3. The molecule has 88 valence electrons. The van der Waals surface area contributed by atoms with Crippen molar-refractivity contribution < 1.29 is 9.21 Å². The molecule has 2 heterocycles. The van der Waals surface area contributed by atoms with Crippen LogP contribution in [0.15, 0.2) is 46.2 Å². The van der Waals surface area contributed by atoms with Gasteiger partial charge in [0.25, 0.3) is 5.56 Å². The largest absolute Gasteiger partial charge is 0.467 e. The van der Waals surface area contributed by atoms with Crippen molar-refractivity contribution in [3.8, 4) is 0 Å². The van der Waals surface area contributed by atoms with E-state index in [2.05, 4.69) is 10.3 Å². The lowest BCUT2D eigenvalue weighted by molar-refractivity contribution is -0.122. The van der Waals surface area contributed by atoms with E-state index in [-0.39, 0.29) is 18.0 Å². The van der Waals surface area contributed by atoms with E-state index in [4.69, 9.17) is 4.42 Å². The Kier molecular flexibility index (Phi) is 3.34. The Bertz CT molecular complexity index is 545. The molecule has 0 aliphatic heterocycles. The van der Waals surface area contributed by atoms with Crippen molar-refractivity contribution in [3.05, 3.63) is 53.1 Å². The van der Waals surface area contributed by atoms with Crippen molar-refractivity contribution in [2.45, 2.75) is 13.1 Å². The molecule has 0 fully saturated rings. The summed E-state index contributed by atoms with van der Waals surface area (Å²) in [6.45, 7) is 0.258. The lowest BCUT2D eigenvalue weighted by atomic mass is 10.4. The van der Waals surface area contributed by atoms with Crippen LogP contribution in [-0.2, 0) is 17.9 Å². The third-order valence-corrected chi connectivity index (χ3v) is 2.15. The van der Waals surface area contributed by atoms with Gasteiger partial charge in [-0.3, -0.25) is 14.2 Å². The van der Waals surface area contributed by atoms with E-state index in [0.29, 0.717) is 12.3 Å². The number of nitrogens with zero attached hydrogens (tertiary/aromatic N) is 2. The van der Waals surface area contributed by atoms with Crippen molar-refractivity contribution in [3.63, 3.8) is 0 Å². The van der Waals surface area contributed by atoms with Gasteiger partial charge < -0.3 is 9.73 Å². The van der Waals surface area contributed by atoms with Crippen molar-refractivity contribution in [2.75, 3.05) is 0 Å². The summed E-state index contributed by atoms with van der Waals surface area (Å²) in [7, 11) is 0. The Labute approximate surface area is 96.9 Å². The first-order valence-electron chi connectivity index (χ1n) is 5.05. The molecule has 0 aliphatic carbocycles. The lowest BCUT2D eigenvalue weighted by Gasteiger charge is -2.04. The fourth-order valence-corrected chi connectivity index (χ4v) is 1.31. The van der Waals surface area contributed by atoms with Gasteiger partial charge in [-0.25, -0.2) is 4.98 Å². The molecule has 0 spiro atoms. The molecule has 2 aromatic heterocycles. The maximum absolute atomic E-state index is 11.5. The number of nitrogens with one attached hydrogen (secondary N) is 1. The number of rotatable bonds is 4. The predicted molar refractivity (Wildman–Crippen MR) is 59.1 cm³/mol. The highest BCUT2D eigenvalue weighted by Crippen LogP contribution is 1.98. The number of amides is 1. The Hall–Kier alpha value is -2.37. The van der Waals surface area contributed by atoms with Crippen LogP contribution in [0.5, 0.6) is 0 Å². The van der Waals surface area contributed by atoms with Gasteiger partial charge in [-0.15, -0.1) is 0 Å². The van der Waals surface area contributed by atoms with Crippen LogP contribution in [0.3, 0.4) is 0 Å². The molecule has 17 heavy (non-hydrogen) atoms. The first kappa shape index (κ1) is 11.1. The Morgan fingerprint density at radius 1 is 1.47 bits per heavy atom. The van der Waals surface area contributed by atoms with Gasteiger partial charge in [0.05, 0.1) is 19.1 Å². The smallest absolute Gasteiger partial charge is 0.253 e. The van der Waals surface area contributed by atoms with Crippen LogP contribution in [-0.4, -0.2) is 15.5 Å². The minimum absolute atomic E-state index is 0.0482. The summed E-state index contributed by atoms with van der Waals surface area (Å²) in [6, 6.07) is 4.81. The molecule has 1 amide bonds. The average Bonchev–Trinajstić information content (AvgIpc) is 2.82. The molecule has 0 bridgehead atoms. The second kappa shape index (κ2) is 5.11. The van der Waals surface area contributed by atoms with Crippen LogP contribution in [0.2, 0.25) is 0 Å². The molecule has 0 aliphatic rings. The average molecular weight is 233 g/mol. The van der Waals surface area contributed by atoms with Gasteiger partial charge in [0.2, 0.25) is 5.91 Å². The van der Waals surface area contributed by atoms with Crippen LogP contribution >= 0.6 is 0 Å². The predicted octanol–water partition coefficient (Wildman–Crippen LogP) is 0.153. The topological polar surface area (TPSA) is 77.1 Å². The van der Waals surface area contributed by atoms with Crippen LogP contribution in [0, 0.1) is 0 Å². The number of hydrogen-bond acceptors (Lipinski definition) is 4. The van der Waals surface area contributed by atoms with Gasteiger partial charge in [0.1, 0.15) is 12.3 Å². The highest BCUT2D eigenvalue weighted by Gasteiger charge is 2.04.